The maximum Gasteiger partial charge on any atom is 0.347 e. The number of carboxylic acids is 1. The molecule has 0 aromatic carbocycles. The summed E-state index contributed by atoms with van der Waals surface area (Å²) in [7, 11) is 0. The number of unbranched alkanes of at least 4 members (excludes halogenated alkanes) is 5. The van der Waals surface area contributed by atoms with Crippen LogP contribution in [0.2, 0.25) is 0 Å². The van der Waals surface area contributed by atoms with Crippen LogP contribution in [-0.4, -0.2) is 21.8 Å². The third-order valence-corrected chi connectivity index (χ3v) is 5.07. The molecule has 0 radical (unpaired) electrons. The highest BCUT2D eigenvalue weighted by Crippen LogP contribution is 2.28. The molecule has 0 spiro atoms. The molecule has 0 amide bonds. The molecule has 0 aliphatic carbocycles. The van der Waals surface area contributed by atoms with Crippen LogP contribution in [0.5, 0.6) is 0 Å². The van der Waals surface area contributed by atoms with E-state index in [-0.39, 0.29) is 0 Å². The first kappa shape index (κ1) is 15.5. The van der Waals surface area contributed by atoms with E-state index in [9.17, 15) is 4.79 Å². The lowest BCUT2D eigenvalue weighted by Crippen LogP contribution is -1.94. The van der Waals surface area contributed by atoms with Crippen LogP contribution in [0.1, 0.15) is 60.8 Å². The fourth-order valence-corrected chi connectivity index (χ4v) is 3.77. The van der Waals surface area contributed by atoms with E-state index >= 15 is 0 Å². The summed E-state index contributed by atoms with van der Waals surface area (Å²) >= 11 is 2.97. The van der Waals surface area contributed by atoms with Crippen LogP contribution in [-0.2, 0) is 0 Å². The zero-order valence-corrected chi connectivity index (χ0v) is 12.7. The van der Waals surface area contributed by atoms with Gasteiger partial charge in [0.2, 0.25) is 0 Å². The van der Waals surface area contributed by atoms with Gasteiger partial charge in [-0.3, -0.25) is 0 Å². The average molecular weight is 287 g/mol. The molecule has 1 aromatic rings. The molecule has 0 saturated heterocycles. The molecule has 5 heteroatoms. The molecule has 1 rings (SSSR count). The van der Waals surface area contributed by atoms with Gasteiger partial charge in [-0.1, -0.05) is 50.8 Å². The fourth-order valence-electron chi connectivity index (χ4n) is 1.67. The van der Waals surface area contributed by atoms with E-state index in [1.807, 2.05) is 0 Å². The predicted octanol–water partition coefficient (Wildman–Crippen LogP) is 4.60. The molecule has 18 heavy (non-hydrogen) atoms. The van der Waals surface area contributed by atoms with E-state index in [4.69, 9.17) is 5.11 Å². The molecule has 0 saturated carbocycles. The Bertz CT molecular complexity index is 377. The van der Waals surface area contributed by atoms with Gasteiger partial charge in [-0.15, -0.1) is 11.3 Å². The van der Waals surface area contributed by atoms with Crippen LogP contribution in [0, 0.1) is 6.92 Å². The molecule has 1 heterocycles. The van der Waals surface area contributed by atoms with Crippen LogP contribution in [0.3, 0.4) is 0 Å². The summed E-state index contributed by atoms with van der Waals surface area (Å²) in [4.78, 5) is 15.5. The molecule has 1 aromatic heterocycles. The Morgan fingerprint density at radius 2 is 1.94 bits per heavy atom. The number of aryl methyl sites for hydroxylation is 1. The van der Waals surface area contributed by atoms with E-state index in [0.29, 0.717) is 10.6 Å². The van der Waals surface area contributed by atoms with Gasteiger partial charge in [0, 0.05) is 5.75 Å². The molecule has 102 valence electrons. The summed E-state index contributed by atoms with van der Waals surface area (Å²) in [5.41, 5.74) is 0.637. The second kappa shape index (κ2) is 8.53. The summed E-state index contributed by atoms with van der Waals surface area (Å²) in [6, 6.07) is 0. The van der Waals surface area contributed by atoms with Crippen LogP contribution < -0.4 is 0 Å². The lowest BCUT2D eigenvalue weighted by atomic mass is 10.1. The number of thioether (sulfide) groups is 1. The van der Waals surface area contributed by atoms with Gasteiger partial charge >= 0.3 is 5.97 Å². The van der Waals surface area contributed by atoms with Crippen molar-refractivity contribution in [1.29, 1.82) is 0 Å². The molecular weight excluding hydrogens is 266 g/mol. The predicted molar refractivity (Wildman–Crippen MR) is 77.9 cm³/mol. The third kappa shape index (κ3) is 5.40. The molecule has 1 N–H and O–H groups in total. The van der Waals surface area contributed by atoms with Gasteiger partial charge in [0.15, 0.2) is 4.34 Å². The largest absolute Gasteiger partial charge is 0.477 e. The SMILES string of the molecule is CCCCCCCCSc1nc(C)c(C(=O)O)s1. The number of nitrogens with zero attached hydrogens (tertiary/aromatic N) is 1. The number of hydrogen-bond donors (Lipinski definition) is 1. The second-order valence-corrected chi connectivity index (χ2v) is 6.66. The Balaban J connectivity index is 2.19. The second-order valence-electron chi connectivity index (χ2n) is 4.32. The molecule has 3 nitrogen and oxygen atoms in total. The maximum absolute atomic E-state index is 10.9. The highest BCUT2D eigenvalue weighted by molar-refractivity contribution is 8.01. The lowest BCUT2D eigenvalue weighted by molar-refractivity contribution is 0.0701. The first-order valence-electron chi connectivity index (χ1n) is 6.48. The monoisotopic (exact) mass is 287 g/mol. The van der Waals surface area contributed by atoms with Gasteiger partial charge in [0.25, 0.3) is 0 Å². The van der Waals surface area contributed by atoms with Gasteiger partial charge in [-0.25, -0.2) is 9.78 Å². The molecule has 0 unspecified atom stereocenters. The number of thiazole rings is 1. The van der Waals surface area contributed by atoms with Crippen molar-refractivity contribution in [3.05, 3.63) is 10.6 Å². The summed E-state index contributed by atoms with van der Waals surface area (Å²) in [5, 5.41) is 8.93. The smallest absolute Gasteiger partial charge is 0.347 e. The number of rotatable bonds is 9. The molecule has 0 bridgehead atoms. The number of carboxylic acid groups (broad SMARTS) is 1. The van der Waals surface area contributed by atoms with E-state index in [2.05, 4.69) is 11.9 Å². The van der Waals surface area contributed by atoms with Crippen molar-refractivity contribution in [3.63, 3.8) is 0 Å². The third-order valence-electron chi connectivity index (χ3n) is 2.69. The van der Waals surface area contributed by atoms with Crippen LogP contribution in [0.4, 0.5) is 0 Å². The van der Waals surface area contributed by atoms with E-state index in [0.717, 1.165) is 10.1 Å². The van der Waals surface area contributed by atoms with Crippen molar-refractivity contribution in [2.24, 2.45) is 0 Å². The number of aromatic nitrogens is 1. The molecule has 0 fully saturated rings. The lowest BCUT2D eigenvalue weighted by Gasteiger charge is -1.99. The average Bonchev–Trinajstić information content (AvgIpc) is 2.69. The Morgan fingerprint density at radius 3 is 2.56 bits per heavy atom. The van der Waals surface area contributed by atoms with Crippen molar-refractivity contribution in [2.45, 2.75) is 56.7 Å². The van der Waals surface area contributed by atoms with Gasteiger partial charge in [-0.05, 0) is 13.3 Å². The summed E-state index contributed by atoms with van der Waals surface area (Å²) in [6.07, 6.45) is 7.72. The topological polar surface area (TPSA) is 50.2 Å². The summed E-state index contributed by atoms with van der Waals surface area (Å²) in [6.45, 7) is 3.98. The van der Waals surface area contributed by atoms with Crippen molar-refractivity contribution in [3.8, 4) is 0 Å². The Kier molecular flexibility index (Phi) is 7.35. The highest BCUT2D eigenvalue weighted by atomic mass is 32.2. The fraction of sp³-hybridized carbons (Fsp3) is 0.692. The van der Waals surface area contributed by atoms with E-state index < -0.39 is 5.97 Å². The van der Waals surface area contributed by atoms with E-state index in [1.54, 1.807) is 18.7 Å². The summed E-state index contributed by atoms with van der Waals surface area (Å²) in [5.74, 6) is 0.175. The van der Waals surface area contributed by atoms with Crippen LogP contribution >= 0.6 is 23.1 Å². The van der Waals surface area contributed by atoms with Crippen LogP contribution in [0.15, 0.2) is 4.34 Å². The number of aromatic carboxylic acids is 1. The minimum absolute atomic E-state index is 0.375. The van der Waals surface area contributed by atoms with Crippen molar-refractivity contribution >= 4 is 29.1 Å². The number of hydrogen-bond acceptors (Lipinski definition) is 4. The Hall–Kier alpha value is -0.550. The van der Waals surface area contributed by atoms with Crippen LogP contribution in [0.25, 0.3) is 0 Å². The Labute approximate surface area is 117 Å². The standard InChI is InChI=1S/C13H21NO2S2/c1-3-4-5-6-7-8-9-17-13-14-10(2)11(18-13)12(15)16/h3-9H2,1-2H3,(H,15,16). The molecule has 0 atom stereocenters. The Morgan fingerprint density at radius 1 is 1.28 bits per heavy atom. The first-order valence-corrected chi connectivity index (χ1v) is 8.29. The normalized spacial score (nSPS) is 10.8. The first-order chi connectivity index (χ1) is 8.65. The van der Waals surface area contributed by atoms with Gasteiger partial charge in [-0.2, -0.15) is 0 Å². The van der Waals surface area contributed by atoms with Crippen molar-refractivity contribution in [2.75, 3.05) is 5.75 Å². The maximum atomic E-state index is 10.9. The van der Waals surface area contributed by atoms with Gasteiger partial charge in [0.1, 0.15) is 4.88 Å². The zero-order chi connectivity index (χ0) is 13.4. The van der Waals surface area contributed by atoms with E-state index in [1.165, 1.54) is 49.9 Å². The minimum Gasteiger partial charge on any atom is -0.477 e. The van der Waals surface area contributed by atoms with Gasteiger partial charge in [0.05, 0.1) is 5.69 Å². The molecule has 0 aliphatic rings. The van der Waals surface area contributed by atoms with Gasteiger partial charge < -0.3 is 5.11 Å². The molecule has 0 aliphatic heterocycles. The molecular formula is C13H21NO2S2. The van der Waals surface area contributed by atoms with Crippen molar-refractivity contribution in [1.82, 2.24) is 4.98 Å². The zero-order valence-electron chi connectivity index (χ0n) is 11.1. The summed E-state index contributed by atoms with van der Waals surface area (Å²) < 4.78 is 0.887. The highest BCUT2D eigenvalue weighted by Gasteiger charge is 2.13. The number of carbonyl (C=O) groups is 1. The minimum atomic E-state index is -0.864. The van der Waals surface area contributed by atoms with Crippen molar-refractivity contribution < 1.29 is 9.90 Å². The quantitative estimate of drug-likeness (QED) is 0.532.